The van der Waals surface area contributed by atoms with E-state index in [4.69, 9.17) is 5.11 Å². The smallest absolute Gasteiger partial charge is 0.307 e. The molecule has 0 amide bonds. The third-order valence-electron chi connectivity index (χ3n) is 2.70. The van der Waals surface area contributed by atoms with E-state index in [0.29, 0.717) is 11.1 Å². The van der Waals surface area contributed by atoms with E-state index in [2.05, 4.69) is 0 Å². The molecule has 0 atom stereocenters. The molecule has 19 heavy (non-hydrogen) atoms. The SMILES string of the molecule is O=C(O)Cc1ccc(O)c(C(=O)c2ccccc2)c1. The first-order valence-electron chi connectivity index (χ1n) is 5.71. The Hall–Kier alpha value is -2.62. The van der Waals surface area contributed by atoms with Crippen molar-refractivity contribution >= 4 is 11.8 Å². The zero-order valence-corrected chi connectivity index (χ0v) is 10.0. The first kappa shape index (κ1) is 12.8. The van der Waals surface area contributed by atoms with Crippen LogP contribution in [0.3, 0.4) is 0 Å². The minimum atomic E-state index is -0.983. The van der Waals surface area contributed by atoms with Crippen LogP contribution in [0.15, 0.2) is 48.5 Å². The van der Waals surface area contributed by atoms with Crippen LogP contribution in [-0.4, -0.2) is 22.0 Å². The lowest BCUT2D eigenvalue weighted by Crippen LogP contribution is -2.05. The number of carboxylic acids is 1. The van der Waals surface area contributed by atoms with Gasteiger partial charge in [-0.3, -0.25) is 9.59 Å². The number of hydrogen-bond acceptors (Lipinski definition) is 3. The summed E-state index contributed by atoms with van der Waals surface area (Å²) in [5.74, 6) is -1.46. The van der Waals surface area contributed by atoms with Gasteiger partial charge in [-0.25, -0.2) is 0 Å². The molecule has 4 nitrogen and oxygen atoms in total. The number of phenols is 1. The fourth-order valence-corrected chi connectivity index (χ4v) is 1.79. The Morgan fingerprint density at radius 3 is 2.32 bits per heavy atom. The molecule has 0 spiro atoms. The van der Waals surface area contributed by atoms with E-state index < -0.39 is 5.97 Å². The molecule has 2 N–H and O–H groups in total. The summed E-state index contributed by atoms with van der Waals surface area (Å²) in [6, 6.07) is 12.8. The number of ketones is 1. The summed E-state index contributed by atoms with van der Waals surface area (Å²) in [5.41, 5.74) is 1.04. The van der Waals surface area contributed by atoms with Crippen molar-refractivity contribution in [1.82, 2.24) is 0 Å². The lowest BCUT2D eigenvalue weighted by atomic mass is 9.99. The van der Waals surface area contributed by atoms with Gasteiger partial charge >= 0.3 is 5.97 Å². The summed E-state index contributed by atoms with van der Waals surface area (Å²) in [6.07, 6.45) is -0.185. The molecule has 2 aromatic carbocycles. The second-order valence-electron chi connectivity index (χ2n) is 4.12. The Labute approximate surface area is 109 Å². The van der Waals surface area contributed by atoms with Crippen molar-refractivity contribution in [2.24, 2.45) is 0 Å². The Kier molecular flexibility index (Phi) is 3.61. The highest BCUT2D eigenvalue weighted by atomic mass is 16.4. The first-order valence-corrected chi connectivity index (χ1v) is 5.71. The normalized spacial score (nSPS) is 10.1. The molecule has 0 radical (unpaired) electrons. The number of carbonyl (C=O) groups is 2. The maximum atomic E-state index is 12.2. The van der Waals surface area contributed by atoms with Crippen LogP contribution in [0.2, 0.25) is 0 Å². The van der Waals surface area contributed by atoms with Gasteiger partial charge in [0, 0.05) is 5.56 Å². The van der Waals surface area contributed by atoms with E-state index in [-0.39, 0.29) is 23.5 Å². The van der Waals surface area contributed by atoms with Crippen LogP contribution in [0.4, 0.5) is 0 Å². The highest BCUT2D eigenvalue weighted by Gasteiger charge is 2.14. The Bertz CT molecular complexity index is 617. The number of carboxylic acid groups (broad SMARTS) is 1. The summed E-state index contributed by atoms with van der Waals surface area (Å²) in [7, 11) is 0. The van der Waals surface area contributed by atoms with E-state index >= 15 is 0 Å². The Morgan fingerprint density at radius 2 is 1.68 bits per heavy atom. The van der Waals surface area contributed by atoms with Crippen molar-refractivity contribution in [1.29, 1.82) is 0 Å². The largest absolute Gasteiger partial charge is 0.507 e. The zero-order chi connectivity index (χ0) is 13.8. The second kappa shape index (κ2) is 5.35. The molecule has 0 fully saturated rings. The van der Waals surface area contributed by atoms with E-state index in [1.54, 1.807) is 30.3 Å². The van der Waals surface area contributed by atoms with Crippen LogP contribution in [0, 0.1) is 0 Å². The molecule has 0 saturated carbocycles. The van der Waals surface area contributed by atoms with E-state index in [1.807, 2.05) is 0 Å². The molecule has 0 aromatic heterocycles. The van der Waals surface area contributed by atoms with Crippen molar-refractivity contribution in [3.05, 3.63) is 65.2 Å². The van der Waals surface area contributed by atoms with Crippen LogP contribution in [0.5, 0.6) is 5.75 Å². The highest BCUT2D eigenvalue weighted by Crippen LogP contribution is 2.22. The predicted molar refractivity (Wildman–Crippen MR) is 69.3 cm³/mol. The van der Waals surface area contributed by atoms with Gasteiger partial charge in [0.1, 0.15) is 5.75 Å². The van der Waals surface area contributed by atoms with Crippen LogP contribution in [0.1, 0.15) is 21.5 Å². The quantitative estimate of drug-likeness (QED) is 0.823. The molecule has 0 aliphatic heterocycles. The fourth-order valence-electron chi connectivity index (χ4n) is 1.79. The Balaban J connectivity index is 2.38. The average Bonchev–Trinajstić information content (AvgIpc) is 2.40. The van der Waals surface area contributed by atoms with Gasteiger partial charge in [-0.1, -0.05) is 36.4 Å². The lowest BCUT2D eigenvalue weighted by Gasteiger charge is -2.06. The topological polar surface area (TPSA) is 74.6 Å². The second-order valence-corrected chi connectivity index (χ2v) is 4.12. The van der Waals surface area contributed by atoms with Gasteiger partial charge in [0.25, 0.3) is 0 Å². The predicted octanol–water partition coefficient (Wildman–Crippen LogP) is 2.25. The maximum absolute atomic E-state index is 12.2. The molecule has 2 aromatic rings. The van der Waals surface area contributed by atoms with Crippen molar-refractivity contribution in [3.8, 4) is 5.75 Å². The van der Waals surface area contributed by atoms with Gasteiger partial charge < -0.3 is 10.2 Å². The standard InChI is InChI=1S/C15H12O4/c16-13-7-6-10(9-14(17)18)8-12(13)15(19)11-4-2-1-3-5-11/h1-8,16H,9H2,(H,17,18). The first-order chi connectivity index (χ1) is 9.08. The van der Waals surface area contributed by atoms with E-state index in [9.17, 15) is 14.7 Å². The molecule has 2 rings (SSSR count). The number of aromatic hydroxyl groups is 1. The molecule has 0 aliphatic rings. The average molecular weight is 256 g/mol. The number of benzene rings is 2. The summed E-state index contributed by atoms with van der Waals surface area (Å²) >= 11 is 0. The number of hydrogen-bond donors (Lipinski definition) is 2. The van der Waals surface area contributed by atoms with Gasteiger partial charge in [-0.05, 0) is 17.7 Å². The van der Waals surface area contributed by atoms with Crippen LogP contribution < -0.4 is 0 Å². The molecular weight excluding hydrogens is 244 g/mol. The summed E-state index contributed by atoms with van der Waals surface area (Å²) in [4.78, 5) is 22.9. The number of phenolic OH excluding ortho intramolecular Hbond substituents is 1. The van der Waals surface area contributed by atoms with E-state index in [0.717, 1.165) is 0 Å². The third-order valence-corrected chi connectivity index (χ3v) is 2.70. The molecule has 0 aliphatic carbocycles. The minimum Gasteiger partial charge on any atom is -0.507 e. The highest BCUT2D eigenvalue weighted by molar-refractivity contribution is 6.10. The molecule has 0 heterocycles. The summed E-state index contributed by atoms with van der Waals surface area (Å²) in [6.45, 7) is 0. The van der Waals surface area contributed by atoms with Gasteiger partial charge in [0.2, 0.25) is 0 Å². The molecule has 0 bridgehead atoms. The number of rotatable bonds is 4. The molecule has 96 valence electrons. The maximum Gasteiger partial charge on any atom is 0.307 e. The van der Waals surface area contributed by atoms with Crippen molar-refractivity contribution in [3.63, 3.8) is 0 Å². The van der Waals surface area contributed by atoms with Gasteiger partial charge in [0.15, 0.2) is 5.78 Å². The van der Waals surface area contributed by atoms with Crippen LogP contribution in [0.25, 0.3) is 0 Å². The van der Waals surface area contributed by atoms with Crippen molar-refractivity contribution in [2.75, 3.05) is 0 Å². The van der Waals surface area contributed by atoms with Crippen molar-refractivity contribution in [2.45, 2.75) is 6.42 Å². The monoisotopic (exact) mass is 256 g/mol. The lowest BCUT2D eigenvalue weighted by molar-refractivity contribution is -0.136. The molecule has 0 unspecified atom stereocenters. The number of aliphatic carboxylic acids is 1. The van der Waals surface area contributed by atoms with Gasteiger partial charge in [-0.15, -0.1) is 0 Å². The minimum absolute atomic E-state index is 0.116. The fraction of sp³-hybridized carbons (Fsp3) is 0.0667. The molecule has 4 heteroatoms. The summed E-state index contributed by atoms with van der Waals surface area (Å²) in [5, 5.41) is 18.5. The van der Waals surface area contributed by atoms with Crippen molar-refractivity contribution < 1.29 is 19.8 Å². The van der Waals surface area contributed by atoms with Gasteiger partial charge in [0.05, 0.1) is 12.0 Å². The van der Waals surface area contributed by atoms with Gasteiger partial charge in [-0.2, -0.15) is 0 Å². The third kappa shape index (κ3) is 2.98. The summed E-state index contributed by atoms with van der Waals surface area (Å²) < 4.78 is 0. The van der Waals surface area contributed by atoms with Crippen LogP contribution >= 0.6 is 0 Å². The zero-order valence-electron chi connectivity index (χ0n) is 10.0. The molecule has 0 saturated heterocycles. The Morgan fingerprint density at radius 1 is 1.00 bits per heavy atom. The van der Waals surface area contributed by atoms with Crippen LogP contribution in [-0.2, 0) is 11.2 Å². The molecular formula is C15H12O4. The number of carbonyl (C=O) groups excluding carboxylic acids is 1. The van der Waals surface area contributed by atoms with E-state index in [1.165, 1.54) is 18.2 Å².